The van der Waals surface area contributed by atoms with Gasteiger partial charge in [0, 0.05) is 12.0 Å². The summed E-state index contributed by atoms with van der Waals surface area (Å²) in [7, 11) is 0. The highest BCUT2D eigenvalue weighted by Gasteiger charge is 2.45. The number of carbonyl (C=O) groups is 1. The molecule has 0 aromatic carbocycles. The molecule has 136 valence electrons. The molecule has 4 N–H and O–H groups in total. The summed E-state index contributed by atoms with van der Waals surface area (Å²) >= 11 is 0. The third-order valence-corrected chi connectivity index (χ3v) is 4.54. The third-order valence-electron chi connectivity index (χ3n) is 4.54. The number of rotatable bonds is 6. The van der Waals surface area contributed by atoms with Gasteiger partial charge in [-0.05, 0) is 25.3 Å². The zero-order valence-electron chi connectivity index (χ0n) is 14.0. The van der Waals surface area contributed by atoms with Gasteiger partial charge in [-0.2, -0.15) is 0 Å². The van der Waals surface area contributed by atoms with Gasteiger partial charge in [0.15, 0.2) is 12.1 Å². The lowest BCUT2D eigenvalue weighted by molar-refractivity contribution is -0.307. The zero-order valence-corrected chi connectivity index (χ0v) is 14.0. The largest absolute Gasteiger partial charge is 0.394 e. The summed E-state index contributed by atoms with van der Waals surface area (Å²) < 4.78 is 11.0. The molecule has 1 fully saturated rings. The smallest absolute Gasteiger partial charge is 0.187 e. The Bertz CT molecular complexity index is 511. The Hall–Kier alpha value is -1.09. The van der Waals surface area contributed by atoms with Crippen LogP contribution in [0.25, 0.3) is 0 Å². The van der Waals surface area contributed by atoms with Crippen LogP contribution in [-0.4, -0.2) is 69.6 Å². The molecule has 1 aliphatic heterocycles. The van der Waals surface area contributed by atoms with Crippen molar-refractivity contribution in [3.63, 3.8) is 0 Å². The lowest BCUT2D eigenvalue weighted by atomic mass is 9.99. The van der Waals surface area contributed by atoms with E-state index in [2.05, 4.69) is 0 Å². The Labute approximate surface area is 141 Å². The molecule has 6 atom stereocenters. The van der Waals surface area contributed by atoms with E-state index in [1.165, 1.54) is 0 Å². The van der Waals surface area contributed by atoms with Crippen LogP contribution in [-0.2, 0) is 14.3 Å². The van der Waals surface area contributed by atoms with E-state index < -0.39 is 43.4 Å². The third kappa shape index (κ3) is 3.93. The Morgan fingerprint density at radius 1 is 1.21 bits per heavy atom. The Morgan fingerprint density at radius 3 is 2.54 bits per heavy atom. The molecule has 0 aromatic heterocycles. The molecule has 7 heteroatoms. The molecule has 1 aliphatic carbocycles. The van der Waals surface area contributed by atoms with Gasteiger partial charge in [-0.15, -0.1) is 0 Å². The topological polar surface area (TPSA) is 116 Å². The number of aliphatic hydroxyl groups is 4. The number of ketones is 1. The Balaban J connectivity index is 2.07. The van der Waals surface area contributed by atoms with Crippen molar-refractivity contribution in [1.29, 1.82) is 0 Å². The molecular formula is C17H26O7. The second kappa shape index (κ2) is 8.33. The second-order valence-corrected chi connectivity index (χ2v) is 6.19. The minimum Gasteiger partial charge on any atom is -0.394 e. The average Bonchev–Trinajstić information content (AvgIpc) is 2.83. The van der Waals surface area contributed by atoms with Gasteiger partial charge in [-0.1, -0.05) is 19.1 Å². The van der Waals surface area contributed by atoms with E-state index in [-0.39, 0.29) is 12.2 Å². The minimum atomic E-state index is -1.49. The molecule has 2 aliphatic rings. The molecule has 0 amide bonds. The van der Waals surface area contributed by atoms with Gasteiger partial charge in [0.25, 0.3) is 0 Å². The molecule has 0 unspecified atom stereocenters. The number of carbonyl (C=O) groups excluding carboxylic acids is 1. The molecule has 1 saturated heterocycles. The van der Waals surface area contributed by atoms with Crippen molar-refractivity contribution in [2.75, 3.05) is 6.61 Å². The molecule has 1 heterocycles. The first-order valence-electron chi connectivity index (χ1n) is 8.24. The van der Waals surface area contributed by atoms with Crippen molar-refractivity contribution >= 4 is 5.78 Å². The number of ether oxygens (including phenoxy) is 2. The van der Waals surface area contributed by atoms with Gasteiger partial charge >= 0.3 is 0 Å². The van der Waals surface area contributed by atoms with Gasteiger partial charge < -0.3 is 29.9 Å². The lowest BCUT2D eigenvalue weighted by Crippen LogP contribution is -2.59. The van der Waals surface area contributed by atoms with Crippen molar-refractivity contribution in [2.45, 2.75) is 69.9 Å². The Kier molecular flexibility index (Phi) is 6.68. The summed E-state index contributed by atoms with van der Waals surface area (Å²) in [6.45, 7) is 3.30. The van der Waals surface area contributed by atoms with Crippen LogP contribution < -0.4 is 0 Å². The standard InChI is InChI=1S/C17H26O7/c1-3-4-5-6-10-9(2)12(7-11(10)19)23-17-16(22)15(21)14(20)13(8-18)24-17/h4-5,12-18,20-22H,3,6-8H2,1-2H3/b5-4-/t12-,13+,14+,15-,16+,17+/m0/s1. The summed E-state index contributed by atoms with van der Waals surface area (Å²) in [4.78, 5) is 12.1. The highest BCUT2D eigenvalue weighted by atomic mass is 16.7. The predicted octanol–water partition coefficient (Wildman–Crippen LogP) is -0.183. The minimum absolute atomic E-state index is 0.0113. The van der Waals surface area contributed by atoms with Gasteiger partial charge in [0.2, 0.25) is 0 Å². The molecule has 0 aromatic rings. The maximum Gasteiger partial charge on any atom is 0.187 e. The summed E-state index contributed by atoms with van der Waals surface area (Å²) in [5, 5.41) is 38.8. The van der Waals surface area contributed by atoms with E-state index in [1.54, 1.807) is 6.92 Å². The van der Waals surface area contributed by atoms with Crippen LogP contribution >= 0.6 is 0 Å². The van der Waals surface area contributed by atoms with E-state index in [0.29, 0.717) is 12.0 Å². The molecule has 2 rings (SSSR count). The van der Waals surface area contributed by atoms with Crippen LogP contribution in [0.15, 0.2) is 23.3 Å². The first-order chi connectivity index (χ1) is 11.4. The van der Waals surface area contributed by atoms with Crippen LogP contribution in [0.5, 0.6) is 0 Å². The van der Waals surface area contributed by atoms with E-state index in [0.717, 1.165) is 12.0 Å². The van der Waals surface area contributed by atoms with Gasteiger partial charge in [-0.3, -0.25) is 4.79 Å². The predicted molar refractivity (Wildman–Crippen MR) is 85.0 cm³/mol. The molecule has 0 spiro atoms. The lowest BCUT2D eigenvalue weighted by Gasteiger charge is -2.40. The second-order valence-electron chi connectivity index (χ2n) is 6.19. The summed E-state index contributed by atoms with van der Waals surface area (Å²) in [6, 6.07) is 0. The summed E-state index contributed by atoms with van der Waals surface area (Å²) in [5.74, 6) is -0.0113. The van der Waals surface area contributed by atoms with E-state index in [1.807, 2.05) is 19.1 Å². The van der Waals surface area contributed by atoms with E-state index >= 15 is 0 Å². The maximum atomic E-state index is 12.1. The van der Waals surface area contributed by atoms with Crippen LogP contribution in [0.3, 0.4) is 0 Å². The molecule has 24 heavy (non-hydrogen) atoms. The first kappa shape index (κ1) is 19.2. The normalized spacial score (nSPS) is 37.7. The molecule has 7 nitrogen and oxygen atoms in total. The molecule has 0 radical (unpaired) electrons. The monoisotopic (exact) mass is 342 g/mol. The van der Waals surface area contributed by atoms with Crippen molar-refractivity contribution in [2.24, 2.45) is 0 Å². The summed E-state index contributed by atoms with van der Waals surface area (Å²) in [6.07, 6.45) is -1.68. The first-order valence-corrected chi connectivity index (χ1v) is 8.24. The number of allylic oxidation sites excluding steroid dienone is 3. The molecule has 0 bridgehead atoms. The zero-order chi connectivity index (χ0) is 17.9. The highest BCUT2D eigenvalue weighted by Crippen LogP contribution is 2.32. The Morgan fingerprint density at radius 2 is 1.92 bits per heavy atom. The number of Topliss-reactive ketones (excluding diaryl/α,β-unsaturated/α-hetero) is 1. The van der Waals surface area contributed by atoms with Gasteiger partial charge in [-0.25, -0.2) is 0 Å². The van der Waals surface area contributed by atoms with Crippen molar-refractivity contribution in [1.82, 2.24) is 0 Å². The van der Waals surface area contributed by atoms with Crippen molar-refractivity contribution in [3.05, 3.63) is 23.3 Å². The van der Waals surface area contributed by atoms with Crippen LogP contribution in [0, 0.1) is 0 Å². The average molecular weight is 342 g/mol. The fraction of sp³-hybridized carbons (Fsp3) is 0.706. The maximum absolute atomic E-state index is 12.1. The van der Waals surface area contributed by atoms with Gasteiger partial charge in [0.1, 0.15) is 24.4 Å². The van der Waals surface area contributed by atoms with Crippen molar-refractivity contribution in [3.8, 4) is 0 Å². The molecular weight excluding hydrogens is 316 g/mol. The quantitative estimate of drug-likeness (QED) is 0.495. The van der Waals surface area contributed by atoms with Crippen molar-refractivity contribution < 1.29 is 34.7 Å². The van der Waals surface area contributed by atoms with Gasteiger partial charge in [0.05, 0.1) is 12.7 Å². The molecule has 0 saturated carbocycles. The van der Waals surface area contributed by atoms with E-state index in [9.17, 15) is 25.2 Å². The fourth-order valence-corrected chi connectivity index (χ4v) is 2.99. The van der Waals surface area contributed by atoms with Crippen LogP contribution in [0.4, 0.5) is 0 Å². The summed E-state index contributed by atoms with van der Waals surface area (Å²) in [5.41, 5.74) is 1.46. The highest BCUT2D eigenvalue weighted by molar-refractivity contribution is 5.99. The van der Waals surface area contributed by atoms with Crippen LogP contribution in [0.1, 0.15) is 33.1 Å². The fourth-order valence-electron chi connectivity index (χ4n) is 2.99. The van der Waals surface area contributed by atoms with Crippen LogP contribution in [0.2, 0.25) is 0 Å². The number of hydrogen-bond donors (Lipinski definition) is 4. The number of aliphatic hydroxyl groups excluding tert-OH is 4. The SMILES string of the molecule is CC/C=C\CC1=C(C)[C@@H](O[C@@H]2O[C@H](CO)[C@@H](O)[C@H](O)[C@H]2O)CC1=O. The van der Waals surface area contributed by atoms with E-state index in [4.69, 9.17) is 9.47 Å². The number of hydrogen-bond acceptors (Lipinski definition) is 7.